The Balaban J connectivity index is 0.770. The summed E-state index contributed by atoms with van der Waals surface area (Å²) in [5.41, 5.74) is 20.5. The van der Waals surface area contributed by atoms with Crippen LogP contribution in [0.25, 0.3) is 33.4 Å². The van der Waals surface area contributed by atoms with Gasteiger partial charge in [-0.15, -0.1) is 0 Å². The third-order valence-corrected chi connectivity index (χ3v) is 14.4. The number of para-hydroxylation sites is 5. The number of rotatable bonds is 15. The second-order valence-corrected chi connectivity index (χ2v) is 19.5. The fraction of sp³-hybridized carbons (Fsp3) is 0.0411. The van der Waals surface area contributed by atoms with E-state index in [1.54, 1.807) is 0 Å². The van der Waals surface area contributed by atoms with Crippen LogP contribution in [0.5, 0.6) is 0 Å². The highest BCUT2D eigenvalue weighted by Gasteiger charge is 2.20. The molecule has 77 heavy (non-hydrogen) atoms. The van der Waals surface area contributed by atoms with Gasteiger partial charge in [0, 0.05) is 68.3 Å². The average molecular weight is 991 g/mol. The van der Waals surface area contributed by atoms with Crippen molar-refractivity contribution in [2.45, 2.75) is 13.3 Å². The molecule has 370 valence electrons. The largest absolute Gasteiger partial charge is 0.314 e. The standard InChI is InChI=1S/C73H58N4/c1-55-18-17-29-73(54-55)77(66-27-15-6-16-28-66)72-52-40-61(41-53-72)60-38-50-71(51-39-60)76(65-25-13-5-14-26-65)70-48-36-59(37-49-70)58-34-46-69(47-35-58)75(64-23-11-4-12-24-64)68-44-32-57(33-45-68)56-30-42-67(43-31-56)74(62-19-7-2-8-20-62)63-21-9-3-10-22-63/h2-53,55H,54H2,1H3. The molecule has 4 heteroatoms. The maximum Gasteiger partial charge on any atom is 0.0462 e. The molecule has 1 aliphatic carbocycles. The van der Waals surface area contributed by atoms with Crippen molar-refractivity contribution in [2.75, 3.05) is 19.6 Å². The normalized spacial score (nSPS) is 12.8. The molecule has 0 spiro atoms. The van der Waals surface area contributed by atoms with Crippen molar-refractivity contribution in [3.8, 4) is 33.4 Å². The Hall–Kier alpha value is -9.90. The molecule has 0 amide bonds. The van der Waals surface area contributed by atoms with Crippen LogP contribution >= 0.6 is 0 Å². The van der Waals surface area contributed by atoms with Gasteiger partial charge in [-0.05, 0) is 185 Å². The molecule has 4 nitrogen and oxygen atoms in total. The van der Waals surface area contributed by atoms with Crippen molar-refractivity contribution < 1.29 is 0 Å². The molecule has 0 N–H and O–H groups in total. The third kappa shape index (κ3) is 10.6. The van der Waals surface area contributed by atoms with Gasteiger partial charge in [0.05, 0.1) is 0 Å². The molecule has 1 unspecified atom stereocenters. The minimum Gasteiger partial charge on any atom is -0.314 e. The minimum absolute atomic E-state index is 0.496. The van der Waals surface area contributed by atoms with Crippen LogP contribution in [0, 0.1) is 5.92 Å². The van der Waals surface area contributed by atoms with Crippen molar-refractivity contribution in [3.63, 3.8) is 0 Å². The Labute approximate surface area is 453 Å². The van der Waals surface area contributed by atoms with E-state index in [0.717, 1.165) is 85.5 Å². The molecule has 0 saturated carbocycles. The van der Waals surface area contributed by atoms with Crippen molar-refractivity contribution in [1.29, 1.82) is 0 Å². The fourth-order valence-corrected chi connectivity index (χ4v) is 10.5. The number of benzene rings is 11. The lowest BCUT2D eigenvalue weighted by atomic mass is 9.98. The van der Waals surface area contributed by atoms with Crippen LogP contribution in [0.4, 0.5) is 62.6 Å². The molecule has 11 aromatic carbocycles. The zero-order valence-corrected chi connectivity index (χ0v) is 43.1. The molecule has 0 aliphatic heterocycles. The predicted octanol–water partition coefficient (Wildman–Crippen LogP) is 20.7. The molecule has 11 aromatic rings. The van der Waals surface area contributed by atoms with E-state index in [1.807, 2.05) is 0 Å². The second-order valence-electron chi connectivity index (χ2n) is 19.5. The molecule has 0 saturated heterocycles. The summed E-state index contributed by atoms with van der Waals surface area (Å²) in [4.78, 5) is 9.33. The van der Waals surface area contributed by atoms with E-state index in [4.69, 9.17) is 0 Å². The molecule has 0 heterocycles. The Morgan fingerprint density at radius 2 is 0.429 bits per heavy atom. The van der Waals surface area contributed by atoms with Gasteiger partial charge < -0.3 is 19.6 Å². The quantitative estimate of drug-likeness (QED) is 0.101. The van der Waals surface area contributed by atoms with Crippen molar-refractivity contribution in [2.24, 2.45) is 5.92 Å². The minimum atomic E-state index is 0.496. The fourth-order valence-electron chi connectivity index (χ4n) is 10.5. The highest BCUT2D eigenvalue weighted by molar-refractivity contribution is 5.84. The van der Waals surface area contributed by atoms with Crippen LogP contribution in [0.1, 0.15) is 13.3 Å². The number of nitrogens with zero attached hydrogens (tertiary/aromatic N) is 4. The summed E-state index contributed by atoms with van der Waals surface area (Å²) < 4.78 is 0. The molecule has 0 fully saturated rings. The lowest BCUT2D eigenvalue weighted by molar-refractivity contribution is 0.696. The van der Waals surface area contributed by atoms with E-state index in [1.165, 1.54) is 22.5 Å². The topological polar surface area (TPSA) is 13.0 Å². The van der Waals surface area contributed by atoms with E-state index >= 15 is 0 Å². The van der Waals surface area contributed by atoms with Gasteiger partial charge in [-0.2, -0.15) is 0 Å². The summed E-state index contributed by atoms with van der Waals surface area (Å²) >= 11 is 0. The predicted molar refractivity (Wildman–Crippen MR) is 326 cm³/mol. The van der Waals surface area contributed by atoms with Gasteiger partial charge >= 0.3 is 0 Å². The SMILES string of the molecule is CC1C=CC=C(N(c2ccccc2)c2ccc(-c3ccc(N(c4ccccc4)c4ccc(-c5ccc(N(c6ccccc6)c6ccc(-c7ccc(N(c8ccccc8)c8ccccc8)cc7)cc6)cc5)cc4)cc3)cc2)C1. The van der Waals surface area contributed by atoms with E-state index in [9.17, 15) is 0 Å². The summed E-state index contributed by atoms with van der Waals surface area (Å²) in [6.45, 7) is 2.28. The van der Waals surface area contributed by atoms with Crippen LogP contribution in [-0.2, 0) is 0 Å². The number of allylic oxidation sites excluding steroid dienone is 4. The maximum absolute atomic E-state index is 2.39. The molecule has 0 radical (unpaired) electrons. The molecule has 12 rings (SSSR count). The van der Waals surface area contributed by atoms with Gasteiger partial charge in [0.2, 0.25) is 0 Å². The first-order valence-electron chi connectivity index (χ1n) is 26.5. The van der Waals surface area contributed by atoms with Crippen LogP contribution in [0.15, 0.2) is 321 Å². The first-order chi connectivity index (χ1) is 38.1. The van der Waals surface area contributed by atoms with Crippen LogP contribution in [0.2, 0.25) is 0 Å². The molecular weight excluding hydrogens is 933 g/mol. The summed E-state index contributed by atoms with van der Waals surface area (Å²) in [6.07, 6.45) is 7.71. The van der Waals surface area contributed by atoms with Gasteiger partial charge in [-0.3, -0.25) is 0 Å². The Morgan fingerprint density at radius 1 is 0.234 bits per heavy atom. The zero-order valence-electron chi connectivity index (χ0n) is 43.1. The summed E-state index contributed by atoms with van der Waals surface area (Å²) in [5, 5.41) is 0. The summed E-state index contributed by atoms with van der Waals surface area (Å²) in [7, 11) is 0. The van der Waals surface area contributed by atoms with E-state index in [0.29, 0.717) is 5.92 Å². The lowest BCUT2D eigenvalue weighted by Gasteiger charge is -2.30. The Kier molecular flexibility index (Phi) is 13.9. The Morgan fingerprint density at radius 3 is 0.649 bits per heavy atom. The molecule has 0 bridgehead atoms. The first-order valence-corrected chi connectivity index (χ1v) is 26.5. The molecule has 1 aliphatic rings. The van der Waals surface area contributed by atoms with Gasteiger partial charge in [0.25, 0.3) is 0 Å². The lowest BCUT2D eigenvalue weighted by Crippen LogP contribution is -2.19. The highest BCUT2D eigenvalue weighted by atomic mass is 15.2. The molecule has 0 aromatic heterocycles. The third-order valence-electron chi connectivity index (χ3n) is 14.4. The van der Waals surface area contributed by atoms with Gasteiger partial charge in [0.1, 0.15) is 0 Å². The first kappa shape index (κ1) is 48.1. The molecule has 1 atom stereocenters. The van der Waals surface area contributed by atoms with Crippen LogP contribution in [0.3, 0.4) is 0 Å². The summed E-state index contributed by atoms with van der Waals surface area (Å²) in [5.74, 6) is 0.496. The van der Waals surface area contributed by atoms with Gasteiger partial charge in [0.15, 0.2) is 0 Å². The number of hydrogen-bond donors (Lipinski definition) is 0. The average Bonchev–Trinajstić information content (AvgIpc) is 3.51. The Bertz CT molecular complexity index is 3670. The van der Waals surface area contributed by atoms with Crippen LogP contribution < -0.4 is 19.6 Å². The second kappa shape index (κ2) is 22.3. The van der Waals surface area contributed by atoms with Crippen molar-refractivity contribution in [1.82, 2.24) is 0 Å². The highest BCUT2D eigenvalue weighted by Crippen LogP contribution is 2.41. The van der Waals surface area contributed by atoms with Gasteiger partial charge in [-0.1, -0.05) is 183 Å². The maximum atomic E-state index is 2.39. The smallest absolute Gasteiger partial charge is 0.0462 e. The summed E-state index contributed by atoms with van der Waals surface area (Å²) in [6, 6.07) is 106. The van der Waals surface area contributed by atoms with Crippen LogP contribution in [-0.4, -0.2) is 0 Å². The number of anilines is 11. The van der Waals surface area contributed by atoms with Gasteiger partial charge in [-0.25, -0.2) is 0 Å². The molecular formula is C73H58N4. The monoisotopic (exact) mass is 990 g/mol. The van der Waals surface area contributed by atoms with E-state index in [-0.39, 0.29) is 0 Å². The van der Waals surface area contributed by atoms with Crippen molar-refractivity contribution in [3.05, 3.63) is 321 Å². The van der Waals surface area contributed by atoms with E-state index in [2.05, 4.69) is 342 Å². The van der Waals surface area contributed by atoms with Crippen molar-refractivity contribution >= 4 is 62.6 Å². The van der Waals surface area contributed by atoms with E-state index < -0.39 is 0 Å². The zero-order chi connectivity index (χ0) is 51.8. The number of hydrogen-bond acceptors (Lipinski definition) is 4.